The Morgan fingerprint density at radius 1 is 1.26 bits per heavy atom. The van der Waals surface area contributed by atoms with Crippen molar-refractivity contribution in [2.75, 3.05) is 11.1 Å². The van der Waals surface area contributed by atoms with Crippen molar-refractivity contribution in [1.29, 1.82) is 0 Å². The van der Waals surface area contributed by atoms with E-state index in [1.807, 2.05) is 0 Å². The summed E-state index contributed by atoms with van der Waals surface area (Å²) in [6.07, 6.45) is 1.37. The number of amides is 1. The molecule has 0 aliphatic heterocycles. The Morgan fingerprint density at radius 2 is 2.00 bits per heavy atom. The second kappa shape index (κ2) is 5.31. The highest BCUT2D eigenvalue weighted by Crippen LogP contribution is 2.22. The summed E-state index contributed by atoms with van der Waals surface area (Å²) in [7, 11) is 0. The molecule has 2 rings (SSSR count). The van der Waals surface area contributed by atoms with E-state index in [0.29, 0.717) is 10.2 Å². The highest BCUT2D eigenvalue weighted by atomic mass is 79.9. The molecule has 0 bridgehead atoms. The summed E-state index contributed by atoms with van der Waals surface area (Å²) < 4.78 is 26.3. The third-order valence-electron chi connectivity index (χ3n) is 2.28. The lowest BCUT2D eigenvalue weighted by Crippen LogP contribution is -2.14. The second-order valence-corrected chi connectivity index (χ2v) is 4.54. The van der Waals surface area contributed by atoms with Crippen LogP contribution in [0.1, 0.15) is 10.4 Å². The summed E-state index contributed by atoms with van der Waals surface area (Å²) in [6, 6.07) is 4.44. The first-order valence-corrected chi connectivity index (χ1v) is 5.94. The number of nitrogens with two attached hydrogens (primary N) is 1. The SMILES string of the molecule is Nc1cnc(NC(=O)c2ccc(F)c(F)c2)c(Br)c1. The molecule has 0 unspecified atom stereocenters. The molecule has 19 heavy (non-hydrogen) atoms. The lowest BCUT2D eigenvalue weighted by molar-refractivity contribution is 0.102. The molecule has 1 heterocycles. The summed E-state index contributed by atoms with van der Waals surface area (Å²) in [5.41, 5.74) is 5.93. The minimum atomic E-state index is -1.09. The molecule has 1 aromatic carbocycles. The third-order valence-corrected chi connectivity index (χ3v) is 2.88. The number of pyridine rings is 1. The number of aromatic nitrogens is 1. The Balaban J connectivity index is 2.23. The number of nitrogens with zero attached hydrogens (tertiary/aromatic N) is 1. The van der Waals surface area contributed by atoms with Crippen LogP contribution in [-0.2, 0) is 0 Å². The van der Waals surface area contributed by atoms with Gasteiger partial charge >= 0.3 is 0 Å². The van der Waals surface area contributed by atoms with Gasteiger partial charge < -0.3 is 11.1 Å². The molecule has 2 aromatic rings. The molecule has 0 atom stereocenters. The Labute approximate surface area is 115 Å². The summed E-state index contributed by atoms with van der Waals surface area (Å²) in [6.45, 7) is 0. The van der Waals surface area contributed by atoms with E-state index in [1.165, 1.54) is 12.3 Å². The van der Waals surface area contributed by atoms with E-state index >= 15 is 0 Å². The lowest BCUT2D eigenvalue weighted by Gasteiger charge is -2.07. The molecular formula is C12H8BrF2N3O. The molecule has 98 valence electrons. The van der Waals surface area contributed by atoms with E-state index < -0.39 is 17.5 Å². The number of halogens is 3. The minimum Gasteiger partial charge on any atom is -0.397 e. The molecule has 0 saturated carbocycles. The summed E-state index contributed by atoms with van der Waals surface area (Å²) in [5.74, 6) is -2.46. The molecule has 0 aliphatic rings. The number of hydrogen-bond acceptors (Lipinski definition) is 3. The zero-order chi connectivity index (χ0) is 14.0. The van der Waals surface area contributed by atoms with Gasteiger partial charge in [0.2, 0.25) is 0 Å². The Bertz CT molecular complexity index is 649. The number of hydrogen-bond donors (Lipinski definition) is 2. The maximum absolute atomic E-state index is 13.0. The highest BCUT2D eigenvalue weighted by Gasteiger charge is 2.12. The molecule has 0 fully saturated rings. The number of carbonyl (C=O) groups is 1. The Kier molecular flexibility index (Phi) is 3.75. The van der Waals surface area contributed by atoms with Gasteiger partial charge in [0.05, 0.1) is 16.4 Å². The summed E-state index contributed by atoms with van der Waals surface area (Å²) in [4.78, 5) is 15.7. The van der Waals surface area contributed by atoms with Gasteiger partial charge in [0.1, 0.15) is 5.82 Å². The molecular weight excluding hydrogens is 320 g/mol. The van der Waals surface area contributed by atoms with Gasteiger partial charge in [-0.2, -0.15) is 0 Å². The standard InChI is InChI=1S/C12H8BrF2N3O/c13-8-4-7(16)5-17-11(8)18-12(19)6-1-2-9(14)10(15)3-6/h1-5H,16H2,(H,17,18,19). The number of nitrogen functional groups attached to an aromatic ring is 1. The van der Waals surface area contributed by atoms with Crippen LogP contribution in [0.5, 0.6) is 0 Å². The van der Waals surface area contributed by atoms with Gasteiger partial charge in [-0.15, -0.1) is 0 Å². The van der Waals surface area contributed by atoms with Gasteiger partial charge in [-0.05, 0) is 40.2 Å². The van der Waals surface area contributed by atoms with Crippen molar-refractivity contribution in [2.45, 2.75) is 0 Å². The molecule has 4 nitrogen and oxygen atoms in total. The van der Waals surface area contributed by atoms with E-state index in [-0.39, 0.29) is 11.4 Å². The van der Waals surface area contributed by atoms with E-state index in [4.69, 9.17) is 5.73 Å². The third kappa shape index (κ3) is 3.05. The van der Waals surface area contributed by atoms with Gasteiger partial charge in [-0.3, -0.25) is 4.79 Å². The largest absolute Gasteiger partial charge is 0.397 e. The first kappa shape index (κ1) is 13.4. The van der Waals surface area contributed by atoms with Gasteiger partial charge in [0.25, 0.3) is 5.91 Å². The van der Waals surface area contributed by atoms with Gasteiger partial charge in [-0.25, -0.2) is 13.8 Å². The van der Waals surface area contributed by atoms with Crippen LogP contribution in [0.15, 0.2) is 34.9 Å². The quantitative estimate of drug-likeness (QED) is 0.891. The number of nitrogens with one attached hydrogen (secondary N) is 1. The lowest BCUT2D eigenvalue weighted by atomic mass is 10.2. The van der Waals surface area contributed by atoms with Crippen LogP contribution in [0, 0.1) is 11.6 Å². The van der Waals surface area contributed by atoms with Crippen LogP contribution >= 0.6 is 15.9 Å². The maximum Gasteiger partial charge on any atom is 0.256 e. The van der Waals surface area contributed by atoms with E-state index in [1.54, 1.807) is 6.07 Å². The van der Waals surface area contributed by atoms with Crippen molar-refractivity contribution < 1.29 is 13.6 Å². The fraction of sp³-hybridized carbons (Fsp3) is 0. The first-order chi connectivity index (χ1) is 8.97. The predicted molar refractivity (Wildman–Crippen MR) is 70.7 cm³/mol. The molecule has 7 heteroatoms. The number of rotatable bonds is 2. The summed E-state index contributed by atoms with van der Waals surface area (Å²) in [5, 5.41) is 2.46. The minimum absolute atomic E-state index is 0.00979. The maximum atomic E-state index is 13.0. The van der Waals surface area contributed by atoms with E-state index in [0.717, 1.165) is 12.1 Å². The predicted octanol–water partition coefficient (Wildman–Crippen LogP) is 2.96. The van der Waals surface area contributed by atoms with Crippen molar-refractivity contribution in [2.24, 2.45) is 0 Å². The zero-order valence-corrected chi connectivity index (χ0v) is 11.0. The normalized spacial score (nSPS) is 10.3. The van der Waals surface area contributed by atoms with Crippen molar-refractivity contribution >= 4 is 33.3 Å². The molecule has 0 saturated heterocycles. The topological polar surface area (TPSA) is 68.0 Å². The van der Waals surface area contributed by atoms with Gasteiger partial charge in [0, 0.05) is 5.56 Å². The van der Waals surface area contributed by atoms with Crippen LogP contribution < -0.4 is 11.1 Å². The first-order valence-electron chi connectivity index (χ1n) is 5.15. The Hall–Kier alpha value is -2.02. The van der Waals surface area contributed by atoms with Gasteiger partial charge in [-0.1, -0.05) is 0 Å². The average molecular weight is 328 g/mol. The monoisotopic (exact) mass is 327 g/mol. The number of anilines is 2. The smallest absolute Gasteiger partial charge is 0.256 e. The summed E-state index contributed by atoms with van der Waals surface area (Å²) >= 11 is 3.18. The van der Waals surface area contributed by atoms with Crippen molar-refractivity contribution in [3.05, 3.63) is 52.1 Å². The zero-order valence-electron chi connectivity index (χ0n) is 9.45. The number of carbonyl (C=O) groups excluding carboxylic acids is 1. The average Bonchev–Trinajstić information content (AvgIpc) is 2.36. The van der Waals surface area contributed by atoms with Crippen LogP contribution in [0.4, 0.5) is 20.3 Å². The molecule has 1 amide bonds. The Morgan fingerprint density at radius 3 is 2.63 bits per heavy atom. The van der Waals surface area contributed by atoms with Crippen molar-refractivity contribution in [1.82, 2.24) is 4.98 Å². The van der Waals surface area contributed by atoms with Crippen molar-refractivity contribution in [3.8, 4) is 0 Å². The van der Waals surface area contributed by atoms with E-state index in [9.17, 15) is 13.6 Å². The number of benzene rings is 1. The molecule has 0 spiro atoms. The second-order valence-electron chi connectivity index (χ2n) is 3.68. The van der Waals surface area contributed by atoms with Crippen LogP contribution in [-0.4, -0.2) is 10.9 Å². The molecule has 3 N–H and O–H groups in total. The van der Waals surface area contributed by atoms with Crippen molar-refractivity contribution in [3.63, 3.8) is 0 Å². The van der Waals surface area contributed by atoms with Gasteiger partial charge in [0.15, 0.2) is 11.6 Å². The molecule has 0 aliphatic carbocycles. The fourth-order valence-electron chi connectivity index (χ4n) is 1.36. The van der Waals surface area contributed by atoms with Crippen LogP contribution in [0.2, 0.25) is 0 Å². The van der Waals surface area contributed by atoms with Crippen LogP contribution in [0.3, 0.4) is 0 Å². The highest BCUT2D eigenvalue weighted by molar-refractivity contribution is 9.10. The molecule has 0 radical (unpaired) electrons. The van der Waals surface area contributed by atoms with E-state index in [2.05, 4.69) is 26.2 Å². The van der Waals surface area contributed by atoms with Crippen LogP contribution in [0.25, 0.3) is 0 Å². The fourth-order valence-corrected chi connectivity index (χ4v) is 1.83. The molecule has 1 aromatic heterocycles.